The molecular weight excluding hydrogens is 446 g/mol. The van der Waals surface area contributed by atoms with Gasteiger partial charge in [0.25, 0.3) is 5.91 Å². The third-order valence-electron chi connectivity index (χ3n) is 4.89. The Balaban J connectivity index is 1.57. The van der Waals surface area contributed by atoms with Crippen LogP contribution in [0, 0.1) is 0 Å². The quantitative estimate of drug-likeness (QED) is 0.503. The Morgan fingerprint density at radius 2 is 1.94 bits per heavy atom. The third kappa shape index (κ3) is 4.58. The van der Waals surface area contributed by atoms with E-state index in [4.69, 9.17) is 19.9 Å². The molecule has 0 fully saturated rings. The van der Waals surface area contributed by atoms with Gasteiger partial charge in [-0.1, -0.05) is 12.1 Å². The van der Waals surface area contributed by atoms with E-state index in [-0.39, 0.29) is 11.5 Å². The molecule has 1 aliphatic rings. The molecule has 0 bridgehead atoms. The summed E-state index contributed by atoms with van der Waals surface area (Å²) in [6, 6.07) is 8.80. The van der Waals surface area contributed by atoms with Gasteiger partial charge in [0.2, 0.25) is 0 Å². The van der Waals surface area contributed by atoms with Gasteiger partial charge in [-0.15, -0.1) is 11.3 Å². The lowest BCUT2D eigenvalue weighted by molar-refractivity contribution is -0.137. The number of rotatable bonds is 7. The maximum absolute atomic E-state index is 13.1. The summed E-state index contributed by atoms with van der Waals surface area (Å²) in [6.07, 6.45) is 4.60. The van der Waals surface area contributed by atoms with Crippen molar-refractivity contribution < 1.29 is 23.8 Å². The Bertz CT molecular complexity index is 1200. The fraction of sp³-hybridized carbons (Fsp3) is 0.182. The maximum atomic E-state index is 13.1. The molecule has 1 amide bonds. The minimum Gasteiger partial charge on any atom is -0.493 e. The number of nitrogens with one attached hydrogen (secondary N) is 1. The summed E-state index contributed by atoms with van der Waals surface area (Å²) in [6.45, 7) is -0.517. The fourth-order valence-electron chi connectivity index (χ4n) is 3.31. The van der Waals surface area contributed by atoms with Gasteiger partial charge >= 0.3 is 5.97 Å². The molecular formula is C22H21N5O5S. The number of carbonyl (C=O) groups is 2. The van der Waals surface area contributed by atoms with Crippen molar-refractivity contribution in [2.45, 2.75) is 6.04 Å². The van der Waals surface area contributed by atoms with E-state index >= 15 is 0 Å². The minimum atomic E-state index is -0.831. The number of hydrogen-bond acceptors (Lipinski definition) is 10. The Morgan fingerprint density at radius 1 is 1.15 bits per heavy atom. The van der Waals surface area contributed by atoms with Gasteiger partial charge in [0.1, 0.15) is 0 Å². The van der Waals surface area contributed by atoms with E-state index in [9.17, 15) is 9.59 Å². The predicted octanol–water partition coefficient (Wildman–Crippen LogP) is 2.42. The summed E-state index contributed by atoms with van der Waals surface area (Å²) in [4.78, 5) is 34.0. The normalized spacial score (nSPS) is 14.9. The monoisotopic (exact) mass is 467 g/mol. The van der Waals surface area contributed by atoms with E-state index in [2.05, 4.69) is 15.4 Å². The summed E-state index contributed by atoms with van der Waals surface area (Å²) in [5.41, 5.74) is 10.2. The molecule has 3 aromatic rings. The zero-order chi connectivity index (χ0) is 23.4. The average molecular weight is 468 g/mol. The number of amides is 1. The molecule has 1 aliphatic heterocycles. The molecule has 0 radical (unpaired) electrons. The van der Waals surface area contributed by atoms with Gasteiger partial charge in [0.05, 0.1) is 30.8 Å². The maximum Gasteiger partial charge on any atom is 0.361 e. The number of hydrazine groups is 1. The van der Waals surface area contributed by atoms with Crippen LogP contribution >= 0.6 is 11.3 Å². The Morgan fingerprint density at radius 3 is 2.64 bits per heavy atom. The summed E-state index contributed by atoms with van der Waals surface area (Å²) in [5, 5.41) is 3.35. The summed E-state index contributed by atoms with van der Waals surface area (Å²) in [5.74, 6) is -0.261. The van der Waals surface area contributed by atoms with Crippen molar-refractivity contribution >= 4 is 34.7 Å². The Labute approximate surface area is 193 Å². The summed E-state index contributed by atoms with van der Waals surface area (Å²) in [7, 11) is 3.10. The molecule has 4 rings (SSSR count). The number of benzene rings is 1. The molecule has 11 heteroatoms. The molecule has 0 saturated heterocycles. The van der Waals surface area contributed by atoms with Crippen molar-refractivity contribution in [1.82, 2.24) is 20.4 Å². The zero-order valence-electron chi connectivity index (χ0n) is 17.8. The molecule has 10 nitrogen and oxygen atoms in total. The van der Waals surface area contributed by atoms with Crippen LogP contribution in [0.3, 0.4) is 0 Å². The van der Waals surface area contributed by atoms with E-state index in [1.807, 2.05) is 29.7 Å². The number of nitrogens with zero attached hydrogens (tertiary/aromatic N) is 3. The van der Waals surface area contributed by atoms with E-state index in [1.54, 1.807) is 26.4 Å². The number of hydrogen-bond donors (Lipinski definition) is 2. The molecule has 0 saturated carbocycles. The van der Waals surface area contributed by atoms with E-state index < -0.39 is 24.5 Å². The first-order valence-electron chi connectivity index (χ1n) is 9.81. The Hall–Kier alpha value is -4.12. The molecule has 3 heterocycles. The van der Waals surface area contributed by atoms with Crippen LogP contribution in [0.2, 0.25) is 0 Å². The van der Waals surface area contributed by atoms with Crippen molar-refractivity contribution in [3.8, 4) is 11.5 Å². The molecule has 1 atom stereocenters. The summed E-state index contributed by atoms with van der Waals surface area (Å²) >= 11 is 1.53. The second kappa shape index (κ2) is 9.57. The van der Waals surface area contributed by atoms with Crippen molar-refractivity contribution in [1.29, 1.82) is 0 Å². The third-order valence-corrected chi connectivity index (χ3v) is 5.80. The first kappa shape index (κ1) is 22.1. The largest absolute Gasteiger partial charge is 0.493 e. The number of nitrogens with two attached hydrogens (primary N) is 1. The second-order valence-electron chi connectivity index (χ2n) is 6.86. The lowest BCUT2D eigenvalue weighted by Gasteiger charge is -2.25. The smallest absolute Gasteiger partial charge is 0.361 e. The van der Waals surface area contributed by atoms with Gasteiger partial charge in [-0.3, -0.25) is 10.2 Å². The number of ether oxygens (including phenoxy) is 3. The molecule has 2 aromatic heterocycles. The molecule has 33 heavy (non-hydrogen) atoms. The van der Waals surface area contributed by atoms with Gasteiger partial charge in [-0.2, -0.15) is 0 Å². The van der Waals surface area contributed by atoms with Crippen molar-refractivity contribution in [2.24, 2.45) is 0 Å². The molecule has 0 unspecified atom stereocenters. The second-order valence-corrected chi connectivity index (χ2v) is 7.81. The van der Waals surface area contributed by atoms with Crippen LogP contribution in [0.5, 0.6) is 11.5 Å². The van der Waals surface area contributed by atoms with Gasteiger partial charge in [-0.25, -0.2) is 19.8 Å². The highest BCUT2D eigenvalue weighted by molar-refractivity contribution is 7.11. The minimum absolute atomic E-state index is 0.0703. The van der Waals surface area contributed by atoms with Crippen LogP contribution in [0.25, 0.3) is 5.70 Å². The number of esters is 1. The molecule has 1 aromatic carbocycles. The topological polar surface area (TPSA) is 129 Å². The number of carbonyl (C=O) groups excluding carboxylic acids is 2. The van der Waals surface area contributed by atoms with Crippen molar-refractivity contribution in [2.75, 3.05) is 26.6 Å². The Kier molecular flexibility index (Phi) is 6.41. The number of methoxy groups -OCH3 is 2. The van der Waals surface area contributed by atoms with Crippen LogP contribution in [-0.2, 0) is 9.53 Å². The van der Waals surface area contributed by atoms with Gasteiger partial charge in [0, 0.05) is 12.4 Å². The number of nitrogen functional groups attached to an aromatic ring is 1. The number of anilines is 1. The van der Waals surface area contributed by atoms with Gasteiger partial charge in [-0.05, 0) is 35.2 Å². The average Bonchev–Trinajstić information content (AvgIpc) is 3.52. The van der Waals surface area contributed by atoms with E-state index in [0.717, 1.165) is 16.1 Å². The lowest BCUT2D eigenvalue weighted by atomic mass is 10.0. The standard InChI is InChI=1S/C22H21N5O5S/c1-30-16-6-5-13(10-17(16)31-2)15-11-14(18-4-3-9-33-18)26-27(15)19(28)12-32-22(29)20-21(23)25-8-7-24-20/h3-11,15,26H,12H2,1-2H3,(H2,23,25)/t15-/m1/s1. The lowest BCUT2D eigenvalue weighted by Crippen LogP contribution is -2.42. The molecule has 0 aliphatic carbocycles. The first-order valence-corrected chi connectivity index (χ1v) is 10.7. The van der Waals surface area contributed by atoms with Crippen LogP contribution in [-0.4, -0.2) is 47.7 Å². The van der Waals surface area contributed by atoms with Crippen molar-refractivity contribution in [3.63, 3.8) is 0 Å². The van der Waals surface area contributed by atoms with E-state index in [1.165, 1.54) is 28.7 Å². The van der Waals surface area contributed by atoms with Crippen LogP contribution in [0.15, 0.2) is 54.2 Å². The first-order chi connectivity index (χ1) is 16.0. The number of aromatic nitrogens is 2. The number of thiophene rings is 1. The highest BCUT2D eigenvalue weighted by Gasteiger charge is 2.32. The predicted molar refractivity (Wildman–Crippen MR) is 121 cm³/mol. The van der Waals surface area contributed by atoms with E-state index in [0.29, 0.717) is 11.5 Å². The zero-order valence-corrected chi connectivity index (χ0v) is 18.7. The highest BCUT2D eigenvalue weighted by Crippen LogP contribution is 2.37. The van der Waals surface area contributed by atoms with Gasteiger partial charge < -0.3 is 19.9 Å². The fourth-order valence-corrected chi connectivity index (χ4v) is 4.01. The van der Waals surface area contributed by atoms with Crippen LogP contribution in [0.4, 0.5) is 5.82 Å². The highest BCUT2D eigenvalue weighted by atomic mass is 32.1. The van der Waals surface area contributed by atoms with Crippen molar-refractivity contribution in [3.05, 3.63) is 70.3 Å². The SMILES string of the molecule is COc1ccc([C@H]2C=C(c3cccs3)NN2C(=O)COC(=O)c2nccnc2N)cc1OC. The molecule has 0 spiro atoms. The molecule has 3 N–H and O–H groups in total. The summed E-state index contributed by atoms with van der Waals surface area (Å²) < 4.78 is 15.9. The van der Waals surface area contributed by atoms with Crippen LogP contribution < -0.4 is 20.6 Å². The van der Waals surface area contributed by atoms with Gasteiger partial charge in [0.15, 0.2) is 29.6 Å². The molecule has 170 valence electrons. The van der Waals surface area contributed by atoms with Crippen LogP contribution in [0.1, 0.15) is 27.0 Å².